The summed E-state index contributed by atoms with van der Waals surface area (Å²) < 4.78 is 1.78. The molecule has 0 aliphatic heterocycles. The highest BCUT2D eigenvalue weighted by Crippen LogP contribution is 2.25. The monoisotopic (exact) mass is 394 g/mol. The lowest BCUT2D eigenvalue weighted by Gasteiger charge is -2.16. The summed E-state index contributed by atoms with van der Waals surface area (Å²) >= 11 is 1.40. The zero-order valence-electron chi connectivity index (χ0n) is 16.1. The standard InChI is InChI=1S/C20H22N6OS/c1-4-17(26-13(3)9-12(2)25-26)19(27)22-20-24-23-18(28-20)10-14-11-21-16-8-6-5-7-15(14)16/h5-9,11,17,21H,4,10H2,1-3H3,(H,22,24,27)/t17-/m1/s1. The van der Waals surface area contributed by atoms with Crippen LogP contribution in [0, 0.1) is 13.8 Å². The molecule has 3 heterocycles. The number of hydrogen-bond donors (Lipinski definition) is 2. The van der Waals surface area contributed by atoms with E-state index in [4.69, 9.17) is 0 Å². The Labute approximate surface area is 166 Å². The second kappa shape index (κ2) is 7.55. The minimum atomic E-state index is -0.366. The largest absolute Gasteiger partial charge is 0.361 e. The predicted octanol–water partition coefficient (Wildman–Crippen LogP) is 4.01. The highest BCUT2D eigenvalue weighted by molar-refractivity contribution is 7.15. The van der Waals surface area contributed by atoms with Crippen LogP contribution in [0.15, 0.2) is 36.5 Å². The Kier molecular flexibility index (Phi) is 4.95. The first-order valence-electron chi connectivity index (χ1n) is 9.26. The molecule has 0 spiro atoms. The minimum absolute atomic E-state index is 0.122. The topological polar surface area (TPSA) is 88.5 Å². The Morgan fingerprint density at radius 1 is 1.29 bits per heavy atom. The molecule has 1 aromatic carbocycles. The Hall–Kier alpha value is -3.00. The Morgan fingerprint density at radius 3 is 2.86 bits per heavy atom. The molecule has 1 amide bonds. The fraction of sp³-hybridized carbons (Fsp3) is 0.300. The number of nitrogens with one attached hydrogen (secondary N) is 2. The van der Waals surface area contributed by atoms with Crippen molar-refractivity contribution in [3.05, 3.63) is 58.5 Å². The summed E-state index contributed by atoms with van der Waals surface area (Å²) in [4.78, 5) is 16.0. The number of benzene rings is 1. The zero-order valence-corrected chi connectivity index (χ0v) is 16.9. The SMILES string of the molecule is CC[C@H](C(=O)Nc1nnc(Cc2c[nH]c3ccccc23)s1)n1nc(C)cc1C. The molecule has 0 saturated heterocycles. The number of aromatic amines is 1. The minimum Gasteiger partial charge on any atom is -0.361 e. The van der Waals surface area contributed by atoms with E-state index in [1.165, 1.54) is 22.3 Å². The first kappa shape index (κ1) is 18.4. The summed E-state index contributed by atoms with van der Waals surface area (Å²) in [7, 11) is 0. The molecule has 0 unspecified atom stereocenters. The predicted molar refractivity (Wildman–Crippen MR) is 111 cm³/mol. The number of rotatable bonds is 6. The molecule has 0 bridgehead atoms. The highest BCUT2D eigenvalue weighted by atomic mass is 32.1. The van der Waals surface area contributed by atoms with Gasteiger partial charge in [-0.2, -0.15) is 5.10 Å². The van der Waals surface area contributed by atoms with E-state index < -0.39 is 0 Å². The van der Waals surface area contributed by atoms with Gasteiger partial charge in [-0.25, -0.2) is 0 Å². The van der Waals surface area contributed by atoms with E-state index in [1.807, 2.05) is 45.2 Å². The van der Waals surface area contributed by atoms with Gasteiger partial charge in [0.2, 0.25) is 5.13 Å². The third-order valence-corrected chi connectivity index (χ3v) is 5.58. The molecule has 0 aliphatic carbocycles. The van der Waals surface area contributed by atoms with E-state index in [1.54, 1.807) is 4.68 Å². The first-order chi connectivity index (χ1) is 13.5. The lowest BCUT2D eigenvalue weighted by atomic mass is 10.1. The van der Waals surface area contributed by atoms with Gasteiger partial charge in [0.25, 0.3) is 5.91 Å². The molecule has 4 aromatic rings. The van der Waals surface area contributed by atoms with Gasteiger partial charge in [0.05, 0.1) is 5.69 Å². The maximum absolute atomic E-state index is 12.8. The molecule has 0 fully saturated rings. The lowest BCUT2D eigenvalue weighted by Crippen LogP contribution is -2.27. The number of carbonyl (C=O) groups is 1. The molecule has 4 rings (SSSR count). The van der Waals surface area contributed by atoms with Crippen molar-refractivity contribution in [1.82, 2.24) is 25.0 Å². The number of H-pyrrole nitrogens is 1. The van der Waals surface area contributed by atoms with Crippen molar-refractivity contribution in [2.75, 3.05) is 5.32 Å². The third kappa shape index (κ3) is 3.55. The number of amides is 1. The molecular weight excluding hydrogens is 372 g/mol. The smallest absolute Gasteiger partial charge is 0.251 e. The van der Waals surface area contributed by atoms with Crippen LogP contribution in [0.1, 0.15) is 41.3 Å². The lowest BCUT2D eigenvalue weighted by molar-refractivity contribution is -0.119. The summed E-state index contributed by atoms with van der Waals surface area (Å²) in [6.45, 7) is 5.86. The van der Waals surface area contributed by atoms with Crippen LogP contribution >= 0.6 is 11.3 Å². The van der Waals surface area contributed by atoms with Gasteiger partial charge in [0.15, 0.2) is 0 Å². The van der Waals surface area contributed by atoms with Crippen molar-refractivity contribution < 1.29 is 4.79 Å². The maximum atomic E-state index is 12.8. The molecular formula is C20H22N6OS. The van der Waals surface area contributed by atoms with Crippen molar-refractivity contribution in [3.8, 4) is 0 Å². The number of fused-ring (bicyclic) bond motifs is 1. The van der Waals surface area contributed by atoms with Crippen LogP contribution in [0.25, 0.3) is 10.9 Å². The van der Waals surface area contributed by atoms with Crippen molar-refractivity contribution in [2.24, 2.45) is 0 Å². The van der Waals surface area contributed by atoms with Gasteiger partial charge in [-0.15, -0.1) is 10.2 Å². The molecule has 2 N–H and O–H groups in total. The summed E-state index contributed by atoms with van der Waals surface area (Å²) in [6.07, 6.45) is 3.32. The quantitative estimate of drug-likeness (QED) is 0.517. The van der Waals surface area contributed by atoms with Crippen LogP contribution < -0.4 is 5.32 Å². The fourth-order valence-electron chi connectivity index (χ4n) is 3.44. The number of para-hydroxylation sites is 1. The number of hydrogen-bond acceptors (Lipinski definition) is 5. The Morgan fingerprint density at radius 2 is 2.11 bits per heavy atom. The van der Waals surface area contributed by atoms with Gasteiger partial charge in [-0.05, 0) is 38.0 Å². The van der Waals surface area contributed by atoms with Crippen molar-refractivity contribution in [1.29, 1.82) is 0 Å². The number of aryl methyl sites for hydroxylation is 2. The number of nitrogens with zero attached hydrogens (tertiary/aromatic N) is 4. The van der Waals surface area contributed by atoms with Gasteiger partial charge in [-0.1, -0.05) is 36.5 Å². The molecule has 3 aromatic heterocycles. The highest BCUT2D eigenvalue weighted by Gasteiger charge is 2.22. The van der Waals surface area contributed by atoms with E-state index in [-0.39, 0.29) is 11.9 Å². The van der Waals surface area contributed by atoms with E-state index in [0.29, 0.717) is 18.0 Å². The van der Waals surface area contributed by atoms with Crippen LogP contribution in [-0.2, 0) is 11.2 Å². The summed E-state index contributed by atoms with van der Waals surface area (Å²) in [6, 6.07) is 9.78. The average Bonchev–Trinajstić information content (AvgIpc) is 3.37. The molecule has 28 heavy (non-hydrogen) atoms. The third-order valence-electron chi connectivity index (χ3n) is 4.74. The molecule has 0 saturated carbocycles. The first-order valence-corrected chi connectivity index (χ1v) is 10.1. The molecule has 1 atom stereocenters. The second-order valence-electron chi connectivity index (χ2n) is 6.82. The van der Waals surface area contributed by atoms with Gasteiger partial charge in [-0.3, -0.25) is 14.8 Å². The van der Waals surface area contributed by atoms with Crippen molar-refractivity contribution in [3.63, 3.8) is 0 Å². The summed E-state index contributed by atoms with van der Waals surface area (Å²) in [5.74, 6) is -0.122. The van der Waals surface area contributed by atoms with Gasteiger partial charge < -0.3 is 4.98 Å². The normalized spacial score (nSPS) is 12.4. The summed E-state index contributed by atoms with van der Waals surface area (Å²) in [5.41, 5.74) is 4.14. The van der Waals surface area contributed by atoms with Crippen LogP contribution in [-0.4, -0.2) is 30.9 Å². The van der Waals surface area contributed by atoms with E-state index in [2.05, 4.69) is 37.7 Å². The number of aromatic nitrogens is 5. The van der Waals surface area contributed by atoms with Gasteiger partial charge in [0.1, 0.15) is 11.0 Å². The van der Waals surface area contributed by atoms with Crippen LogP contribution in [0.2, 0.25) is 0 Å². The van der Waals surface area contributed by atoms with Crippen LogP contribution in [0.3, 0.4) is 0 Å². The molecule has 0 radical (unpaired) electrons. The molecule has 0 aliphatic rings. The van der Waals surface area contributed by atoms with E-state index in [0.717, 1.165) is 21.9 Å². The Balaban J connectivity index is 1.48. The zero-order chi connectivity index (χ0) is 19.7. The van der Waals surface area contributed by atoms with Crippen LogP contribution in [0.4, 0.5) is 5.13 Å². The van der Waals surface area contributed by atoms with E-state index >= 15 is 0 Å². The molecule has 7 nitrogen and oxygen atoms in total. The maximum Gasteiger partial charge on any atom is 0.251 e. The van der Waals surface area contributed by atoms with E-state index in [9.17, 15) is 4.79 Å². The van der Waals surface area contributed by atoms with Gasteiger partial charge >= 0.3 is 0 Å². The van der Waals surface area contributed by atoms with Gasteiger partial charge in [0, 0.05) is 29.2 Å². The summed E-state index contributed by atoms with van der Waals surface area (Å²) in [5, 5.41) is 18.3. The number of carbonyl (C=O) groups excluding carboxylic acids is 1. The average molecular weight is 395 g/mol. The van der Waals surface area contributed by atoms with Crippen molar-refractivity contribution in [2.45, 2.75) is 39.7 Å². The van der Waals surface area contributed by atoms with Crippen LogP contribution in [0.5, 0.6) is 0 Å². The number of anilines is 1. The Bertz CT molecular complexity index is 1120. The molecule has 144 valence electrons. The second-order valence-corrected chi connectivity index (χ2v) is 7.88. The fourth-order valence-corrected chi connectivity index (χ4v) is 4.20. The van der Waals surface area contributed by atoms with Crippen molar-refractivity contribution >= 4 is 33.3 Å². The molecule has 8 heteroatoms.